The SMILES string of the molecule is CCCCCCC[CH2][Sn].Cc1cc(O)c(O)c(O)c1C(=O)O.Cc1cc(O)c(O)c(O)c1C(=O)O.Cc1cc(O)c(O)c(O)c1C(=O)O.O=CCS.O=CCS.O=CCS. The summed E-state index contributed by atoms with van der Waals surface area (Å²) in [5.74, 6) is -9.59. The van der Waals surface area contributed by atoms with Gasteiger partial charge in [0.05, 0.1) is 0 Å². The number of phenols is 9. The third-order valence-electron chi connectivity index (χ3n) is 6.75. The van der Waals surface area contributed by atoms with Crippen molar-refractivity contribution in [1.82, 2.24) is 0 Å². The zero-order chi connectivity index (χ0) is 47.7. The fraction of sp³-hybridized carbons (Fsp3) is 0.368. The molecular formula is C38H53O18S3Sn. The van der Waals surface area contributed by atoms with Crippen molar-refractivity contribution >= 4 is 97.2 Å². The molecule has 0 unspecified atom stereocenters. The second-order valence-electron chi connectivity index (χ2n) is 11.3. The Morgan fingerprint density at radius 3 is 0.883 bits per heavy atom. The first-order chi connectivity index (χ1) is 28.0. The summed E-state index contributed by atoms with van der Waals surface area (Å²) in [5, 5.41) is 107. The van der Waals surface area contributed by atoms with Crippen molar-refractivity contribution in [1.29, 1.82) is 0 Å². The number of aryl methyl sites for hydroxylation is 3. The molecule has 0 aliphatic rings. The molecule has 0 heterocycles. The number of thiol groups is 3. The van der Waals surface area contributed by atoms with Crippen LogP contribution in [0.5, 0.6) is 51.7 Å². The van der Waals surface area contributed by atoms with Crippen molar-refractivity contribution in [2.75, 3.05) is 17.3 Å². The minimum absolute atomic E-state index is 0.181. The number of aldehydes is 3. The third-order valence-corrected chi connectivity index (χ3v) is 8.21. The molecule has 3 aromatic rings. The van der Waals surface area contributed by atoms with E-state index in [1.165, 1.54) is 63.7 Å². The van der Waals surface area contributed by atoms with Crippen LogP contribution in [0.15, 0.2) is 18.2 Å². The standard InChI is InChI=1S/3C8H8O5.C8H17.3C2H4OS.Sn/c3*1-3-2-4(9)6(10)7(11)5(3)8(12)13;1-3-5-7-8-6-4-2;3*3-1-2-4;/h3*2,9-11H,1H3,(H,12,13);1,3-8H2,2H3;3*1,4H,2H2;. The van der Waals surface area contributed by atoms with Crippen molar-refractivity contribution in [3.05, 3.63) is 51.6 Å². The van der Waals surface area contributed by atoms with E-state index in [4.69, 9.17) is 75.7 Å². The summed E-state index contributed by atoms with van der Waals surface area (Å²) < 4.78 is 1.46. The van der Waals surface area contributed by atoms with E-state index >= 15 is 0 Å². The molecule has 0 fully saturated rings. The normalized spacial score (nSPS) is 9.20. The monoisotopic (exact) mass is 1010 g/mol. The number of phenolic OH excluding ortho intramolecular Hbond substituents is 6. The van der Waals surface area contributed by atoms with Crippen molar-refractivity contribution in [3.8, 4) is 51.7 Å². The molecule has 0 spiro atoms. The fourth-order valence-corrected chi connectivity index (χ4v) is 4.74. The zero-order valence-corrected chi connectivity index (χ0v) is 38.7. The Morgan fingerprint density at radius 2 is 0.700 bits per heavy atom. The van der Waals surface area contributed by atoms with Crippen LogP contribution in [0.25, 0.3) is 0 Å². The molecule has 0 aromatic heterocycles. The summed E-state index contributed by atoms with van der Waals surface area (Å²) in [7, 11) is 0. The first kappa shape index (κ1) is 61.8. The van der Waals surface area contributed by atoms with Gasteiger partial charge in [0.1, 0.15) is 35.5 Å². The Hall–Kier alpha value is -4.87. The number of benzene rings is 3. The maximum Gasteiger partial charge on any atom is 0.339 e. The molecule has 0 saturated heterocycles. The van der Waals surface area contributed by atoms with Gasteiger partial charge in [0, 0.05) is 17.3 Å². The summed E-state index contributed by atoms with van der Waals surface area (Å²) in [5.41, 5.74) is -0.679. The molecule has 0 atom stereocenters. The van der Waals surface area contributed by atoms with Gasteiger partial charge in [0.25, 0.3) is 0 Å². The fourth-order valence-electron chi connectivity index (χ4n) is 4.03. The van der Waals surface area contributed by atoms with Gasteiger partial charge in [-0.2, -0.15) is 37.9 Å². The van der Waals surface area contributed by atoms with E-state index in [0.29, 0.717) is 17.3 Å². The minimum Gasteiger partial charge on any atom is -0.504 e. The number of carbonyl (C=O) groups excluding carboxylic acids is 3. The molecule has 18 nitrogen and oxygen atoms in total. The second-order valence-corrected chi connectivity index (χ2v) is 13.9. The summed E-state index contributed by atoms with van der Waals surface area (Å²) in [4.78, 5) is 59.0. The average Bonchev–Trinajstić information content (AvgIpc) is 3.18. The van der Waals surface area contributed by atoms with Gasteiger partial charge in [-0.1, -0.05) is 0 Å². The van der Waals surface area contributed by atoms with Gasteiger partial charge in [-0.05, 0) is 55.7 Å². The van der Waals surface area contributed by atoms with Gasteiger partial charge in [-0.25, -0.2) is 14.4 Å². The molecule has 0 bridgehead atoms. The third kappa shape index (κ3) is 24.9. The van der Waals surface area contributed by atoms with Gasteiger partial charge in [0.2, 0.25) is 17.2 Å². The molecule has 0 saturated carbocycles. The van der Waals surface area contributed by atoms with E-state index in [0.717, 1.165) is 37.1 Å². The van der Waals surface area contributed by atoms with E-state index in [9.17, 15) is 14.4 Å². The Bertz CT molecular complexity index is 1610. The van der Waals surface area contributed by atoms with Crippen LogP contribution in [-0.2, 0) is 14.4 Å². The zero-order valence-electron chi connectivity index (χ0n) is 33.2. The molecule has 12 N–H and O–H groups in total. The van der Waals surface area contributed by atoms with Crippen molar-refractivity contribution in [3.63, 3.8) is 0 Å². The number of aromatic hydroxyl groups is 9. The number of hydrogen-bond donors (Lipinski definition) is 15. The van der Waals surface area contributed by atoms with E-state index in [1.807, 2.05) is 0 Å². The van der Waals surface area contributed by atoms with Crippen LogP contribution in [0, 0.1) is 20.8 Å². The van der Waals surface area contributed by atoms with Crippen LogP contribution in [0.4, 0.5) is 0 Å². The first-order valence-corrected chi connectivity index (χ1v) is 21.1. The molecule has 22 heteroatoms. The molecule has 60 heavy (non-hydrogen) atoms. The van der Waals surface area contributed by atoms with Crippen LogP contribution < -0.4 is 0 Å². The Kier molecular flexibility index (Phi) is 37.1. The molecule has 0 aliphatic heterocycles. The van der Waals surface area contributed by atoms with Gasteiger partial charge < -0.3 is 75.7 Å². The van der Waals surface area contributed by atoms with E-state index in [1.54, 1.807) is 22.5 Å². The number of rotatable bonds is 12. The smallest absolute Gasteiger partial charge is 0.339 e. The Balaban J connectivity index is -0.000000321. The molecule has 0 amide bonds. The summed E-state index contributed by atoms with van der Waals surface area (Å²) >= 11 is 12.4. The summed E-state index contributed by atoms with van der Waals surface area (Å²) in [6.07, 6.45) is 10.9. The van der Waals surface area contributed by atoms with Crippen molar-refractivity contribution in [2.24, 2.45) is 0 Å². The molecule has 0 aliphatic carbocycles. The first-order valence-electron chi connectivity index (χ1n) is 17.2. The predicted molar refractivity (Wildman–Crippen MR) is 233 cm³/mol. The van der Waals surface area contributed by atoms with Crippen LogP contribution in [0.1, 0.15) is 93.2 Å². The molecular weight excluding hydrogens is 959 g/mol. The van der Waals surface area contributed by atoms with Gasteiger partial charge in [0.15, 0.2) is 34.5 Å². The molecule has 335 valence electrons. The Labute approximate surface area is 376 Å². The molecule has 3 radical (unpaired) electrons. The van der Waals surface area contributed by atoms with Crippen LogP contribution in [0.3, 0.4) is 0 Å². The maximum absolute atomic E-state index is 10.6. The van der Waals surface area contributed by atoms with E-state index in [2.05, 4.69) is 44.8 Å². The summed E-state index contributed by atoms with van der Waals surface area (Å²) in [6.45, 7) is 6.48. The Morgan fingerprint density at radius 1 is 0.483 bits per heavy atom. The average molecular weight is 1010 g/mol. The number of unbranched alkanes of at least 4 members (excludes halogenated alkanes) is 5. The number of aromatic carboxylic acids is 3. The molecule has 3 aromatic carbocycles. The second kappa shape index (κ2) is 36.0. The summed E-state index contributed by atoms with van der Waals surface area (Å²) in [6, 6.07) is 3.20. The number of hydrogen-bond acceptors (Lipinski definition) is 18. The van der Waals surface area contributed by atoms with Crippen LogP contribution >= 0.6 is 37.9 Å². The number of carboxylic acid groups (broad SMARTS) is 3. The number of carboxylic acids is 3. The van der Waals surface area contributed by atoms with E-state index in [-0.39, 0.29) is 16.7 Å². The van der Waals surface area contributed by atoms with Gasteiger partial charge >= 0.3 is 90.3 Å². The maximum atomic E-state index is 10.6. The topological polar surface area (TPSA) is 345 Å². The quantitative estimate of drug-likeness (QED) is 0.0340. The van der Waals surface area contributed by atoms with Crippen LogP contribution in [-0.4, -0.2) is 138 Å². The van der Waals surface area contributed by atoms with E-state index < -0.39 is 86.3 Å². The number of carbonyl (C=O) groups is 6. The predicted octanol–water partition coefficient (Wildman–Crippen LogP) is 5.71. The van der Waals surface area contributed by atoms with Crippen LogP contribution in [0.2, 0.25) is 4.44 Å². The minimum atomic E-state index is -1.36. The van der Waals surface area contributed by atoms with Crippen molar-refractivity contribution < 1.29 is 90.0 Å². The van der Waals surface area contributed by atoms with Gasteiger partial charge in [-0.15, -0.1) is 0 Å². The van der Waals surface area contributed by atoms with Gasteiger partial charge in [-0.3, -0.25) is 0 Å². The molecule has 3 rings (SSSR count). The largest absolute Gasteiger partial charge is 0.504 e. The van der Waals surface area contributed by atoms with Crippen molar-refractivity contribution in [2.45, 2.75) is 70.7 Å².